The summed E-state index contributed by atoms with van der Waals surface area (Å²) in [7, 11) is 0. The second-order valence-electron chi connectivity index (χ2n) is 3.73. The van der Waals surface area contributed by atoms with Crippen molar-refractivity contribution in [2.75, 3.05) is 13.1 Å². The number of nitrogens with one attached hydrogen (secondary N) is 1. The van der Waals surface area contributed by atoms with Crippen LogP contribution in [0.2, 0.25) is 0 Å². The van der Waals surface area contributed by atoms with E-state index >= 15 is 0 Å². The van der Waals surface area contributed by atoms with Gasteiger partial charge in [-0.25, -0.2) is 4.79 Å². The summed E-state index contributed by atoms with van der Waals surface area (Å²) in [6.07, 6.45) is 2.46. The molecule has 80 valence electrons. The van der Waals surface area contributed by atoms with E-state index in [1.54, 1.807) is 11.8 Å². The van der Waals surface area contributed by atoms with Gasteiger partial charge in [0.25, 0.3) is 0 Å². The first-order valence-corrected chi connectivity index (χ1v) is 5.19. The standard InChI is InChI=1S/C10H18N2O2/c1-3-11-10(14)12-6-4-5-9(12)7-8(2)13/h9H,3-7H2,1-2H3,(H,11,14). The topological polar surface area (TPSA) is 49.4 Å². The fraction of sp³-hybridized carbons (Fsp3) is 0.800. The Labute approximate surface area is 84.7 Å². The molecule has 0 spiro atoms. The van der Waals surface area contributed by atoms with Gasteiger partial charge in [0, 0.05) is 25.6 Å². The molecule has 14 heavy (non-hydrogen) atoms. The van der Waals surface area contributed by atoms with Gasteiger partial charge in [0.1, 0.15) is 5.78 Å². The van der Waals surface area contributed by atoms with Crippen molar-refractivity contribution in [3.63, 3.8) is 0 Å². The molecule has 1 saturated heterocycles. The lowest BCUT2D eigenvalue weighted by atomic mass is 10.1. The van der Waals surface area contributed by atoms with Gasteiger partial charge in [0.2, 0.25) is 0 Å². The monoisotopic (exact) mass is 198 g/mol. The Morgan fingerprint density at radius 2 is 2.21 bits per heavy atom. The minimum Gasteiger partial charge on any atom is -0.338 e. The molecule has 1 N–H and O–H groups in total. The summed E-state index contributed by atoms with van der Waals surface area (Å²) in [5.41, 5.74) is 0. The fourth-order valence-corrected chi connectivity index (χ4v) is 1.90. The van der Waals surface area contributed by atoms with Crippen LogP contribution in [0.4, 0.5) is 4.79 Å². The minimum absolute atomic E-state index is 0.0312. The lowest BCUT2D eigenvalue weighted by molar-refractivity contribution is -0.117. The molecule has 4 heteroatoms. The SMILES string of the molecule is CCNC(=O)N1CCCC1CC(C)=O. The minimum atomic E-state index is -0.0312. The average molecular weight is 198 g/mol. The fourth-order valence-electron chi connectivity index (χ4n) is 1.90. The molecule has 0 bridgehead atoms. The van der Waals surface area contributed by atoms with Crippen molar-refractivity contribution in [2.24, 2.45) is 0 Å². The number of ketones is 1. The first-order chi connectivity index (χ1) is 6.65. The zero-order chi connectivity index (χ0) is 10.6. The van der Waals surface area contributed by atoms with Gasteiger partial charge in [-0.3, -0.25) is 4.79 Å². The summed E-state index contributed by atoms with van der Waals surface area (Å²) in [5, 5.41) is 2.77. The number of hydrogen-bond donors (Lipinski definition) is 1. The van der Waals surface area contributed by atoms with Gasteiger partial charge in [-0.15, -0.1) is 0 Å². The molecule has 1 rings (SSSR count). The van der Waals surface area contributed by atoms with Crippen molar-refractivity contribution in [3.05, 3.63) is 0 Å². The second-order valence-corrected chi connectivity index (χ2v) is 3.73. The van der Waals surface area contributed by atoms with Crippen LogP contribution in [0, 0.1) is 0 Å². The highest BCUT2D eigenvalue weighted by Gasteiger charge is 2.28. The van der Waals surface area contributed by atoms with Crippen LogP contribution in [-0.2, 0) is 4.79 Å². The molecule has 1 heterocycles. The molecule has 0 aliphatic carbocycles. The highest BCUT2D eigenvalue weighted by molar-refractivity contribution is 5.79. The number of nitrogens with zero attached hydrogens (tertiary/aromatic N) is 1. The van der Waals surface area contributed by atoms with E-state index in [1.807, 2.05) is 6.92 Å². The summed E-state index contributed by atoms with van der Waals surface area (Å²) in [6.45, 7) is 4.90. The third kappa shape index (κ3) is 2.72. The molecule has 0 radical (unpaired) electrons. The Kier molecular flexibility index (Phi) is 3.92. The maximum atomic E-state index is 11.5. The van der Waals surface area contributed by atoms with Gasteiger partial charge >= 0.3 is 6.03 Å². The summed E-state index contributed by atoms with van der Waals surface area (Å²) >= 11 is 0. The van der Waals surface area contributed by atoms with Crippen LogP contribution >= 0.6 is 0 Å². The predicted octanol–water partition coefficient (Wildman–Crippen LogP) is 1.16. The van der Waals surface area contributed by atoms with E-state index in [0.717, 1.165) is 19.4 Å². The van der Waals surface area contributed by atoms with Crippen LogP contribution in [0.5, 0.6) is 0 Å². The molecule has 2 amide bonds. The molecule has 1 aliphatic heterocycles. The number of urea groups is 1. The van der Waals surface area contributed by atoms with Crippen molar-refractivity contribution in [2.45, 2.75) is 39.2 Å². The van der Waals surface area contributed by atoms with Crippen molar-refractivity contribution < 1.29 is 9.59 Å². The number of carbonyl (C=O) groups excluding carboxylic acids is 2. The van der Waals surface area contributed by atoms with Crippen molar-refractivity contribution in [1.29, 1.82) is 0 Å². The average Bonchev–Trinajstić information content (AvgIpc) is 2.51. The first kappa shape index (κ1) is 11.0. The molecule has 0 saturated carbocycles. The number of carbonyl (C=O) groups is 2. The van der Waals surface area contributed by atoms with E-state index in [0.29, 0.717) is 13.0 Å². The van der Waals surface area contributed by atoms with E-state index in [9.17, 15) is 9.59 Å². The Hall–Kier alpha value is -1.06. The van der Waals surface area contributed by atoms with Crippen molar-refractivity contribution >= 4 is 11.8 Å². The lowest BCUT2D eigenvalue weighted by Crippen LogP contribution is -2.43. The highest BCUT2D eigenvalue weighted by atomic mass is 16.2. The summed E-state index contributed by atoms with van der Waals surface area (Å²) < 4.78 is 0. The maximum Gasteiger partial charge on any atom is 0.317 e. The zero-order valence-corrected chi connectivity index (χ0v) is 8.88. The first-order valence-electron chi connectivity index (χ1n) is 5.19. The zero-order valence-electron chi connectivity index (χ0n) is 8.88. The molecule has 1 fully saturated rings. The normalized spacial score (nSPS) is 21.0. The van der Waals surface area contributed by atoms with Gasteiger partial charge in [-0.2, -0.15) is 0 Å². The Morgan fingerprint density at radius 1 is 1.50 bits per heavy atom. The molecular formula is C10H18N2O2. The van der Waals surface area contributed by atoms with Crippen molar-refractivity contribution in [1.82, 2.24) is 10.2 Å². The smallest absolute Gasteiger partial charge is 0.317 e. The Balaban J connectivity index is 2.50. The number of hydrogen-bond acceptors (Lipinski definition) is 2. The molecule has 1 atom stereocenters. The molecule has 0 aromatic heterocycles. The largest absolute Gasteiger partial charge is 0.338 e. The number of amides is 2. The van der Waals surface area contributed by atoms with E-state index in [-0.39, 0.29) is 17.9 Å². The Morgan fingerprint density at radius 3 is 2.79 bits per heavy atom. The second kappa shape index (κ2) is 4.98. The molecule has 0 aromatic rings. The maximum absolute atomic E-state index is 11.5. The van der Waals surface area contributed by atoms with Gasteiger partial charge in [-0.05, 0) is 26.7 Å². The van der Waals surface area contributed by atoms with Crippen LogP contribution < -0.4 is 5.32 Å². The van der Waals surface area contributed by atoms with E-state index in [2.05, 4.69) is 5.32 Å². The molecule has 1 unspecified atom stereocenters. The van der Waals surface area contributed by atoms with Gasteiger partial charge in [0.05, 0.1) is 0 Å². The number of rotatable bonds is 3. The van der Waals surface area contributed by atoms with E-state index < -0.39 is 0 Å². The lowest BCUT2D eigenvalue weighted by Gasteiger charge is -2.23. The van der Waals surface area contributed by atoms with Crippen molar-refractivity contribution in [3.8, 4) is 0 Å². The van der Waals surface area contributed by atoms with Crippen LogP contribution in [0.15, 0.2) is 0 Å². The molecule has 4 nitrogen and oxygen atoms in total. The third-order valence-corrected chi connectivity index (χ3v) is 2.49. The van der Waals surface area contributed by atoms with Crippen LogP contribution in [0.1, 0.15) is 33.1 Å². The highest BCUT2D eigenvalue weighted by Crippen LogP contribution is 2.20. The summed E-state index contributed by atoms with van der Waals surface area (Å²) in [5.74, 6) is 0.159. The number of likely N-dealkylation sites (tertiary alicyclic amines) is 1. The molecule has 1 aliphatic rings. The predicted molar refractivity (Wildman–Crippen MR) is 54.1 cm³/mol. The van der Waals surface area contributed by atoms with Crippen LogP contribution in [-0.4, -0.2) is 35.8 Å². The van der Waals surface area contributed by atoms with Gasteiger partial charge in [-0.1, -0.05) is 0 Å². The summed E-state index contributed by atoms with van der Waals surface area (Å²) in [4.78, 5) is 24.3. The van der Waals surface area contributed by atoms with E-state index in [1.165, 1.54) is 0 Å². The van der Waals surface area contributed by atoms with Gasteiger partial charge < -0.3 is 10.2 Å². The molecular weight excluding hydrogens is 180 g/mol. The van der Waals surface area contributed by atoms with Crippen LogP contribution in [0.25, 0.3) is 0 Å². The van der Waals surface area contributed by atoms with Crippen LogP contribution in [0.3, 0.4) is 0 Å². The Bertz CT molecular complexity index is 228. The quantitative estimate of drug-likeness (QED) is 0.739. The van der Waals surface area contributed by atoms with E-state index in [4.69, 9.17) is 0 Å². The molecule has 0 aromatic carbocycles. The van der Waals surface area contributed by atoms with Gasteiger partial charge in [0.15, 0.2) is 0 Å². The summed E-state index contributed by atoms with van der Waals surface area (Å²) in [6, 6.07) is 0.0929. The third-order valence-electron chi connectivity index (χ3n) is 2.49. The number of Topliss-reactive ketones (excluding diaryl/α,β-unsaturated/α-hetero) is 1.